The molecule has 5 heteroatoms. The largest absolute Gasteiger partial charge is 0.482 e. The highest BCUT2D eigenvalue weighted by molar-refractivity contribution is 5.97. The molecule has 0 saturated heterocycles. The summed E-state index contributed by atoms with van der Waals surface area (Å²) < 4.78 is 5.41. The maximum Gasteiger partial charge on any atom is 0.264 e. The highest BCUT2D eigenvalue weighted by Crippen LogP contribution is 2.31. The summed E-state index contributed by atoms with van der Waals surface area (Å²) >= 11 is 0. The second kappa shape index (κ2) is 6.74. The van der Waals surface area contributed by atoms with Crippen molar-refractivity contribution < 1.29 is 14.3 Å². The van der Waals surface area contributed by atoms with Gasteiger partial charge in [-0.25, -0.2) is 0 Å². The van der Waals surface area contributed by atoms with Crippen molar-refractivity contribution in [2.45, 2.75) is 13.3 Å². The van der Waals surface area contributed by atoms with E-state index in [1.807, 2.05) is 43.3 Å². The minimum atomic E-state index is -0.0766. The van der Waals surface area contributed by atoms with E-state index in [-0.39, 0.29) is 18.4 Å². The molecule has 0 saturated carbocycles. The Hall–Kier alpha value is -2.82. The quantitative estimate of drug-likeness (QED) is 0.939. The van der Waals surface area contributed by atoms with Crippen LogP contribution >= 0.6 is 0 Å². The third-order valence-electron chi connectivity index (χ3n) is 4.09. The van der Waals surface area contributed by atoms with Gasteiger partial charge in [0, 0.05) is 19.2 Å². The van der Waals surface area contributed by atoms with Gasteiger partial charge in [-0.3, -0.25) is 9.59 Å². The number of nitrogens with zero attached hydrogens (tertiary/aromatic N) is 1. The van der Waals surface area contributed by atoms with E-state index in [9.17, 15) is 9.59 Å². The zero-order valence-electron chi connectivity index (χ0n) is 13.8. The number of hydrogen-bond donors (Lipinski definition) is 1. The standard InChI is InChI=1S/C19H20N2O3/c1-13-4-3-5-15(10-13)19(23)20-9-8-14-6-7-17-16(11-14)21(2)18(22)12-24-17/h3-7,10-11H,8-9,12H2,1-2H3,(H,20,23). The van der Waals surface area contributed by atoms with Crippen LogP contribution in [-0.2, 0) is 11.2 Å². The number of amides is 2. The monoisotopic (exact) mass is 324 g/mol. The first-order valence-electron chi connectivity index (χ1n) is 7.92. The summed E-state index contributed by atoms with van der Waals surface area (Å²) in [6, 6.07) is 13.3. The van der Waals surface area contributed by atoms with E-state index < -0.39 is 0 Å². The van der Waals surface area contributed by atoms with E-state index in [4.69, 9.17) is 4.74 Å². The molecule has 2 aromatic carbocycles. The fraction of sp³-hybridized carbons (Fsp3) is 0.263. The maximum atomic E-state index is 12.1. The van der Waals surface area contributed by atoms with Gasteiger partial charge < -0.3 is 15.0 Å². The van der Waals surface area contributed by atoms with Crippen LogP contribution in [0.25, 0.3) is 0 Å². The molecule has 1 heterocycles. The van der Waals surface area contributed by atoms with Gasteiger partial charge in [-0.15, -0.1) is 0 Å². The molecule has 0 unspecified atom stereocenters. The van der Waals surface area contributed by atoms with Crippen molar-refractivity contribution in [1.29, 1.82) is 0 Å². The molecule has 0 spiro atoms. The van der Waals surface area contributed by atoms with Crippen LogP contribution in [0.4, 0.5) is 5.69 Å². The lowest BCUT2D eigenvalue weighted by Gasteiger charge is -2.26. The maximum absolute atomic E-state index is 12.1. The Morgan fingerprint density at radius 3 is 2.88 bits per heavy atom. The van der Waals surface area contributed by atoms with Crippen LogP contribution in [0.2, 0.25) is 0 Å². The van der Waals surface area contributed by atoms with Crippen LogP contribution in [0.15, 0.2) is 42.5 Å². The molecule has 0 bridgehead atoms. The minimum Gasteiger partial charge on any atom is -0.482 e. The highest BCUT2D eigenvalue weighted by atomic mass is 16.5. The van der Waals surface area contributed by atoms with Gasteiger partial charge in [0.1, 0.15) is 5.75 Å². The summed E-state index contributed by atoms with van der Waals surface area (Å²) in [6.45, 7) is 2.57. The van der Waals surface area contributed by atoms with Crippen LogP contribution in [0.3, 0.4) is 0 Å². The van der Waals surface area contributed by atoms with E-state index >= 15 is 0 Å². The predicted molar refractivity (Wildman–Crippen MR) is 92.6 cm³/mol. The highest BCUT2D eigenvalue weighted by Gasteiger charge is 2.22. The summed E-state index contributed by atoms with van der Waals surface area (Å²) in [5.74, 6) is 0.573. The summed E-state index contributed by atoms with van der Waals surface area (Å²) in [5, 5.41) is 2.92. The number of ether oxygens (including phenoxy) is 1. The molecular formula is C19H20N2O3. The Kier molecular flexibility index (Phi) is 4.51. The summed E-state index contributed by atoms with van der Waals surface area (Å²) in [4.78, 5) is 25.4. The Balaban J connectivity index is 1.61. The van der Waals surface area contributed by atoms with Crippen LogP contribution in [0.1, 0.15) is 21.5 Å². The van der Waals surface area contributed by atoms with Crippen LogP contribution < -0.4 is 15.0 Å². The van der Waals surface area contributed by atoms with Crippen molar-refractivity contribution in [2.24, 2.45) is 0 Å². The zero-order valence-corrected chi connectivity index (χ0v) is 13.8. The van der Waals surface area contributed by atoms with Crippen molar-refractivity contribution in [3.05, 3.63) is 59.2 Å². The molecule has 1 aliphatic heterocycles. The number of carbonyl (C=O) groups excluding carboxylic acids is 2. The zero-order chi connectivity index (χ0) is 17.1. The molecule has 0 radical (unpaired) electrons. The number of anilines is 1. The molecule has 2 amide bonds. The van der Waals surface area contributed by atoms with Gasteiger partial charge >= 0.3 is 0 Å². The van der Waals surface area contributed by atoms with Gasteiger partial charge in [-0.05, 0) is 43.2 Å². The Labute approximate surface area is 141 Å². The molecule has 5 nitrogen and oxygen atoms in total. The first kappa shape index (κ1) is 16.1. The third kappa shape index (κ3) is 3.40. The molecule has 24 heavy (non-hydrogen) atoms. The fourth-order valence-electron chi connectivity index (χ4n) is 2.68. The van der Waals surface area contributed by atoms with Gasteiger partial charge in [0.25, 0.3) is 11.8 Å². The molecule has 124 valence electrons. The molecule has 2 aromatic rings. The van der Waals surface area contributed by atoms with E-state index in [0.717, 1.165) is 16.8 Å². The minimum absolute atomic E-state index is 0.0626. The van der Waals surface area contributed by atoms with Crippen LogP contribution in [0, 0.1) is 6.92 Å². The third-order valence-corrected chi connectivity index (χ3v) is 4.09. The van der Waals surface area contributed by atoms with Gasteiger partial charge in [-0.2, -0.15) is 0 Å². The van der Waals surface area contributed by atoms with Crippen molar-refractivity contribution in [3.8, 4) is 5.75 Å². The number of fused-ring (bicyclic) bond motifs is 1. The average Bonchev–Trinajstić information content (AvgIpc) is 2.58. The molecule has 0 atom stereocenters. The molecule has 0 aliphatic carbocycles. The second-order valence-electron chi connectivity index (χ2n) is 5.92. The van der Waals surface area contributed by atoms with Crippen molar-refractivity contribution in [2.75, 3.05) is 25.1 Å². The van der Waals surface area contributed by atoms with Gasteiger partial charge in [-0.1, -0.05) is 23.8 Å². The molecular weight excluding hydrogens is 304 g/mol. The lowest BCUT2D eigenvalue weighted by molar-refractivity contribution is -0.120. The molecule has 0 aromatic heterocycles. The number of aryl methyl sites for hydroxylation is 1. The van der Waals surface area contributed by atoms with E-state index in [0.29, 0.717) is 24.3 Å². The Morgan fingerprint density at radius 2 is 2.08 bits per heavy atom. The fourth-order valence-corrected chi connectivity index (χ4v) is 2.68. The normalized spacial score (nSPS) is 13.2. The van der Waals surface area contributed by atoms with Gasteiger partial charge in [0.05, 0.1) is 5.69 Å². The smallest absolute Gasteiger partial charge is 0.264 e. The van der Waals surface area contributed by atoms with Crippen molar-refractivity contribution in [1.82, 2.24) is 5.32 Å². The van der Waals surface area contributed by atoms with Crippen LogP contribution in [0.5, 0.6) is 5.75 Å². The number of rotatable bonds is 4. The van der Waals surface area contributed by atoms with Gasteiger partial charge in [0.2, 0.25) is 0 Å². The first-order chi connectivity index (χ1) is 11.5. The van der Waals surface area contributed by atoms with Crippen molar-refractivity contribution >= 4 is 17.5 Å². The van der Waals surface area contributed by atoms with Crippen LogP contribution in [-0.4, -0.2) is 32.0 Å². The summed E-state index contributed by atoms with van der Waals surface area (Å²) in [5.41, 5.74) is 3.54. The lowest BCUT2D eigenvalue weighted by Crippen LogP contribution is -2.35. The number of likely N-dealkylation sites (N-methyl/N-ethyl adjacent to an activating group) is 1. The Morgan fingerprint density at radius 1 is 1.25 bits per heavy atom. The molecule has 0 fully saturated rings. The lowest BCUT2D eigenvalue weighted by atomic mass is 10.1. The topological polar surface area (TPSA) is 58.6 Å². The summed E-state index contributed by atoms with van der Waals surface area (Å²) in [6.07, 6.45) is 0.687. The van der Waals surface area contributed by atoms with E-state index in [1.165, 1.54) is 0 Å². The predicted octanol–water partition coefficient (Wildman–Crippen LogP) is 2.32. The number of benzene rings is 2. The second-order valence-corrected chi connectivity index (χ2v) is 5.92. The molecule has 1 aliphatic rings. The SMILES string of the molecule is Cc1cccc(C(=O)NCCc2ccc3c(c2)N(C)C(=O)CO3)c1. The van der Waals surface area contributed by atoms with Gasteiger partial charge in [0.15, 0.2) is 6.61 Å². The first-order valence-corrected chi connectivity index (χ1v) is 7.92. The number of carbonyl (C=O) groups is 2. The summed E-state index contributed by atoms with van der Waals surface area (Å²) in [7, 11) is 1.74. The van der Waals surface area contributed by atoms with E-state index in [1.54, 1.807) is 18.0 Å². The average molecular weight is 324 g/mol. The van der Waals surface area contributed by atoms with E-state index in [2.05, 4.69) is 5.32 Å². The van der Waals surface area contributed by atoms with Crippen molar-refractivity contribution in [3.63, 3.8) is 0 Å². The number of nitrogens with one attached hydrogen (secondary N) is 1. The number of hydrogen-bond acceptors (Lipinski definition) is 3. The molecule has 1 N–H and O–H groups in total. The molecule has 3 rings (SSSR count). The Bertz CT molecular complexity index is 786.